The van der Waals surface area contributed by atoms with E-state index in [0.717, 1.165) is 12.1 Å². The Kier molecular flexibility index (Phi) is 4.82. The molecule has 198 valence electrons. The highest BCUT2D eigenvalue weighted by Gasteiger charge is 2.52. The summed E-state index contributed by atoms with van der Waals surface area (Å²) in [6.07, 6.45) is 0.376. The molecule has 7 nitrogen and oxygen atoms in total. The number of carbonyl (C=O) groups excluding carboxylic acids is 1. The van der Waals surface area contributed by atoms with E-state index in [1.807, 2.05) is 0 Å². The number of hydrogen-bond donors (Lipinski definition) is 1. The van der Waals surface area contributed by atoms with Crippen LogP contribution in [0.1, 0.15) is 40.5 Å². The summed E-state index contributed by atoms with van der Waals surface area (Å²) in [5.74, 6) is -6.88. The third-order valence-electron chi connectivity index (χ3n) is 7.81. The number of alkyl halides is 2. The van der Waals surface area contributed by atoms with Crippen LogP contribution < -0.4 is 10.4 Å². The zero-order valence-electron chi connectivity index (χ0n) is 20.2. The summed E-state index contributed by atoms with van der Waals surface area (Å²) in [5, 5.41) is 12.2. The average molecular weight is 536 g/mol. The maximum absolute atomic E-state index is 15.6. The molecule has 5 heterocycles. The van der Waals surface area contributed by atoms with E-state index in [2.05, 4.69) is 0 Å². The quantitative estimate of drug-likeness (QED) is 0.363. The molecule has 4 aromatic rings. The lowest BCUT2D eigenvalue weighted by molar-refractivity contribution is -0.0784. The Morgan fingerprint density at radius 3 is 2.54 bits per heavy atom. The minimum Gasteiger partial charge on any atom is -0.502 e. The van der Waals surface area contributed by atoms with Gasteiger partial charge in [0.1, 0.15) is 12.2 Å². The van der Waals surface area contributed by atoms with Crippen molar-refractivity contribution in [1.82, 2.24) is 14.1 Å². The monoisotopic (exact) mass is 536 g/mol. The van der Waals surface area contributed by atoms with Gasteiger partial charge >= 0.3 is 0 Å². The highest BCUT2D eigenvalue weighted by atomic mass is 19.3. The van der Waals surface area contributed by atoms with Gasteiger partial charge in [0.2, 0.25) is 5.43 Å². The number of amides is 1. The number of carbonyl (C=O) groups is 1. The Morgan fingerprint density at radius 2 is 1.72 bits per heavy atom. The molecule has 3 aliphatic heterocycles. The van der Waals surface area contributed by atoms with Gasteiger partial charge in [-0.25, -0.2) is 17.6 Å². The third-order valence-corrected chi connectivity index (χ3v) is 7.81. The van der Waals surface area contributed by atoms with E-state index in [0.29, 0.717) is 16.9 Å². The highest BCUT2D eigenvalue weighted by molar-refractivity contribution is 5.96. The first-order chi connectivity index (χ1) is 18.7. The predicted molar refractivity (Wildman–Crippen MR) is 133 cm³/mol. The highest BCUT2D eigenvalue weighted by Crippen LogP contribution is 2.47. The van der Waals surface area contributed by atoms with Crippen molar-refractivity contribution in [3.05, 3.63) is 106 Å². The topological polar surface area (TPSA) is 70.7 Å². The zero-order valence-corrected chi connectivity index (χ0v) is 20.2. The number of pyridine rings is 1. The molecule has 2 aromatic heterocycles. The number of para-hydroxylation sites is 1. The van der Waals surface area contributed by atoms with Gasteiger partial charge in [0, 0.05) is 42.6 Å². The fourth-order valence-electron chi connectivity index (χ4n) is 6.11. The van der Waals surface area contributed by atoms with Crippen molar-refractivity contribution in [3.8, 4) is 22.7 Å². The molecule has 39 heavy (non-hydrogen) atoms. The van der Waals surface area contributed by atoms with Crippen LogP contribution in [0, 0.1) is 11.6 Å². The van der Waals surface area contributed by atoms with Crippen molar-refractivity contribution in [2.45, 2.75) is 31.0 Å². The first-order valence-corrected chi connectivity index (χ1v) is 12.3. The number of benzene rings is 2. The molecule has 11 heteroatoms. The van der Waals surface area contributed by atoms with Crippen LogP contribution in [0.5, 0.6) is 5.75 Å². The van der Waals surface area contributed by atoms with E-state index in [1.54, 1.807) is 47.2 Å². The van der Waals surface area contributed by atoms with Crippen molar-refractivity contribution < 1.29 is 27.5 Å². The summed E-state index contributed by atoms with van der Waals surface area (Å²) in [6.45, 7) is -0.325. The van der Waals surface area contributed by atoms with Crippen LogP contribution in [-0.2, 0) is 0 Å². The molecule has 2 aromatic carbocycles. The fraction of sp³-hybridized carbons (Fsp3) is 0.214. The van der Waals surface area contributed by atoms with Crippen LogP contribution in [0.3, 0.4) is 0 Å². The summed E-state index contributed by atoms with van der Waals surface area (Å²) < 4.78 is 63.1. The Bertz CT molecular complexity index is 1750. The summed E-state index contributed by atoms with van der Waals surface area (Å²) >= 11 is 0. The molecular formula is C28H20F4N4O3. The molecule has 0 saturated carbocycles. The lowest BCUT2D eigenvalue weighted by Gasteiger charge is -2.52. The number of piperidine rings is 1. The van der Waals surface area contributed by atoms with Gasteiger partial charge in [0.25, 0.3) is 11.8 Å². The van der Waals surface area contributed by atoms with Gasteiger partial charge in [0.05, 0.1) is 17.8 Å². The third kappa shape index (κ3) is 3.22. The number of rotatable bonds is 1. The minimum absolute atomic E-state index is 0.0564. The summed E-state index contributed by atoms with van der Waals surface area (Å²) in [5.41, 5.74) is 0.544. The minimum atomic E-state index is -3.12. The number of nitrogens with zero attached hydrogens (tertiary/aromatic N) is 4. The second kappa shape index (κ2) is 7.98. The Morgan fingerprint density at radius 1 is 0.923 bits per heavy atom. The average Bonchev–Trinajstić information content (AvgIpc) is 3.35. The van der Waals surface area contributed by atoms with Gasteiger partial charge in [-0.1, -0.05) is 24.3 Å². The zero-order chi connectivity index (χ0) is 27.2. The Balaban J connectivity index is 1.59. The van der Waals surface area contributed by atoms with Crippen molar-refractivity contribution in [2.75, 3.05) is 11.6 Å². The second-order valence-electron chi connectivity index (χ2n) is 9.94. The molecule has 2 atom stereocenters. The standard InChI is InChI=1S/C28H20F4N4O3/c29-17-8-7-16-22(23(17)30)19-6-3-11-33(19)18-5-2-1-4-15(18)24(16)36-21-14-28(31,32)10-13-34(21)27(39)25-26(38)20(37)9-12-35(25)36/h1-9,11-12,21,24,38H,10,13-14H2/t21-,24-/m1/s1. The summed E-state index contributed by atoms with van der Waals surface area (Å²) in [6, 6.07) is 12.8. The van der Waals surface area contributed by atoms with Gasteiger partial charge in [-0.05, 0) is 29.8 Å². The van der Waals surface area contributed by atoms with Crippen LogP contribution in [0.25, 0.3) is 16.9 Å². The number of aromatic nitrogens is 2. The molecule has 1 amide bonds. The normalized spacial score (nSPS) is 20.9. The van der Waals surface area contributed by atoms with Crippen molar-refractivity contribution in [3.63, 3.8) is 0 Å². The maximum Gasteiger partial charge on any atom is 0.278 e. The number of hydrogen-bond acceptors (Lipinski definition) is 4. The van der Waals surface area contributed by atoms with Gasteiger partial charge in [-0.15, -0.1) is 0 Å². The molecule has 0 radical (unpaired) electrons. The molecule has 7 rings (SSSR count). The van der Waals surface area contributed by atoms with E-state index in [-0.39, 0.29) is 23.4 Å². The SMILES string of the molecule is O=C1c2c(O)c(=O)ccn2N([C@@H]2c3ccccc3-n3cccc3-c3c2ccc(F)c3F)[C@@H]2CC(F)(F)CCN12. The number of halogens is 4. The molecule has 1 N–H and O–H groups in total. The lowest BCUT2D eigenvalue weighted by atomic mass is 9.90. The first-order valence-electron chi connectivity index (χ1n) is 12.3. The molecule has 0 spiro atoms. The Hall–Kier alpha value is -4.54. The summed E-state index contributed by atoms with van der Waals surface area (Å²) in [4.78, 5) is 27.1. The molecule has 0 unspecified atom stereocenters. The van der Waals surface area contributed by atoms with Gasteiger partial charge in [-0.3, -0.25) is 19.3 Å². The lowest BCUT2D eigenvalue weighted by Crippen LogP contribution is -2.66. The maximum atomic E-state index is 15.6. The van der Waals surface area contributed by atoms with E-state index in [9.17, 15) is 27.9 Å². The van der Waals surface area contributed by atoms with E-state index in [1.165, 1.54) is 26.8 Å². The fourth-order valence-corrected chi connectivity index (χ4v) is 6.11. The number of aromatic hydroxyl groups is 1. The van der Waals surface area contributed by atoms with Crippen molar-refractivity contribution in [1.29, 1.82) is 0 Å². The van der Waals surface area contributed by atoms with E-state index >= 15 is 4.39 Å². The molecule has 1 saturated heterocycles. The van der Waals surface area contributed by atoms with E-state index in [4.69, 9.17) is 0 Å². The van der Waals surface area contributed by atoms with Crippen LogP contribution in [0.4, 0.5) is 17.6 Å². The largest absolute Gasteiger partial charge is 0.502 e. The van der Waals surface area contributed by atoms with Crippen molar-refractivity contribution in [2.24, 2.45) is 0 Å². The van der Waals surface area contributed by atoms with Crippen LogP contribution in [0.15, 0.2) is 71.8 Å². The second-order valence-corrected chi connectivity index (χ2v) is 9.94. The van der Waals surface area contributed by atoms with Gasteiger partial charge < -0.3 is 14.6 Å². The van der Waals surface area contributed by atoms with Crippen molar-refractivity contribution >= 4 is 5.91 Å². The van der Waals surface area contributed by atoms with Crippen LogP contribution >= 0.6 is 0 Å². The molecule has 3 aliphatic rings. The molecular weight excluding hydrogens is 516 g/mol. The first kappa shape index (κ1) is 23.6. The van der Waals surface area contributed by atoms with Gasteiger partial charge in [-0.2, -0.15) is 0 Å². The summed E-state index contributed by atoms with van der Waals surface area (Å²) in [7, 11) is 0. The van der Waals surface area contributed by atoms with Crippen LogP contribution in [-0.4, -0.2) is 43.8 Å². The number of fused-ring (bicyclic) bond motifs is 7. The smallest absolute Gasteiger partial charge is 0.278 e. The predicted octanol–water partition coefficient (Wildman–Crippen LogP) is 4.54. The van der Waals surface area contributed by atoms with Gasteiger partial charge in [0.15, 0.2) is 23.1 Å². The van der Waals surface area contributed by atoms with E-state index < -0.39 is 59.7 Å². The molecule has 0 aliphatic carbocycles. The van der Waals surface area contributed by atoms with Crippen LogP contribution in [0.2, 0.25) is 0 Å². The Labute approximate surface area is 218 Å². The molecule has 1 fully saturated rings. The molecule has 0 bridgehead atoms.